The summed E-state index contributed by atoms with van der Waals surface area (Å²) in [5.74, 6) is 2.02. The highest BCUT2D eigenvalue weighted by molar-refractivity contribution is 9.09. The second-order valence-electron chi connectivity index (χ2n) is 12.5. The molecule has 2 aromatic rings. The molecule has 0 fully saturated rings. The Morgan fingerprint density at radius 1 is 0.571 bits per heavy atom. The van der Waals surface area contributed by atoms with Crippen LogP contribution >= 0.6 is 63.7 Å². The van der Waals surface area contributed by atoms with Gasteiger partial charge in [-0.25, -0.2) is 0 Å². The highest BCUT2D eigenvalue weighted by Crippen LogP contribution is 2.43. The van der Waals surface area contributed by atoms with E-state index in [1.165, 1.54) is 32.6 Å². The molecule has 2 aromatic carbocycles. The molecule has 35 heavy (non-hydrogen) atoms. The van der Waals surface area contributed by atoms with Crippen molar-refractivity contribution in [3.8, 4) is 11.5 Å². The molecule has 0 radical (unpaired) electrons. The van der Waals surface area contributed by atoms with Crippen molar-refractivity contribution in [3.05, 3.63) is 46.5 Å². The van der Waals surface area contributed by atoms with Gasteiger partial charge in [-0.1, -0.05) is 166 Å². The van der Waals surface area contributed by atoms with Crippen LogP contribution in [0.1, 0.15) is 63.8 Å². The molecule has 0 aliphatic carbocycles. The lowest BCUT2D eigenvalue weighted by atomic mass is 10.1. The summed E-state index contributed by atoms with van der Waals surface area (Å²) >= 11 is 15.2. The van der Waals surface area contributed by atoms with Gasteiger partial charge in [-0.15, -0.1) is 0 Å². The lowest BCUT2D eigenvalue weighted by molar-refractivity contribution is 0.467. The van der Waals surface area contributed by atoms with Crippen LogP contribution in [0, 0.1) is 0 Å². The number of alkyl halides is 4. The van der Waals surface area contributed by atoms with Crippen molar-refractivity contribution in [2.45, 2.75) is 99.1 Å². The molecule has 0 unspecified atom stereocenters. The van der Waals surface area contributed by atoms with E-state index >= 15 is 0 Å². The Labute approximate surface area is 250 Å². The van der Waals surface area contributed by atoms with Crippen molar-refractivity contribution >= 4 is 90.2 Å². The van der Waals surface area contributed by atoms with Crippen LogP contribution in [0.3, 0.4) is 0 Å². The van der Waals surface area contributed by atoms with E-state index in [1.807, 2.05) is 0 Å². The Balaban J connectivity index is 2.89. The SMILES string of the molecule is CC(C)(C)[Si](C)(C)c1ccc(CBr)c(Oc2c(CBr)ccc([Si](C)(C)C(C)(C)C)c2CBr)c1CBr. The molecule has 2 rings (SSSR count). The van der Waals surface area contributed by atoms with Gasteiger partial charge in [0.15, 0.2) is 0 Å². The summed E-state index contributed by atoms with van der Waals surface area (Å²) < 4.78 is 7.09. The number of ether oxygens (including phenoxy) is 1. The monoisotopic (exact) mass is 766 g/mol. The van der Waals surface area contributed by atoms with Crippen molar-refractivity contribution in [1.82, 2.24) is 0 Å². The summed E-state index contributed by atoms with van der Waals surface area (Å²) in [7, 11) is -3.55. The van der Waals surface area contributed by atoms with Gasteiger partial charge in [0, 0.05) is 43.6 Å². The molecule has 0 saturated carbocycles. The van der Waals surface area contributed by atoms with Crippen LogP contribution in [0.4, 0.5) is 0 Å². The van der Waals surface area contributed by atoms with E-state index in [9.17, 15) is 0 Å². The van der Waals surface area contributed by atoms with Crippen molar-refractivity contribution in [3.63, 3.8) is 0 Å². The number of hydrogen-bond donors (Lipinski definition) is 0. The van der Waals surface area contributed by atoms with E-state index < -0.39 is 16.1 Å². The zero-order chi connectivity index (χ0) is 27.0. The van der Waals surface area contributed by atoms with Crippen molar-refractivity contribution in [2.75, 3.05) is 0 Å². The molecule has 0 aliphatic rings. The van der Waals surface area contributed by atoms with E-state index in [0.717, 1.165) is 32.8 Å². The maximum absolute atomic E-state index is 7.09. The lowest BCUT2D eigenvalue weighted by Crippen LogP contribution is -2.51. The summed E-state index contributed by atoms with van der Waals surface area (Å²) in [6.07, 6.45) is 0. The third-order valence-corrected chi connectivity index (χ3v) is 22.0. The van der Waals surface area contributed by atoms with E-state index in [1.54, 1.807) is 0 Å². The predicted octanol–water partition coefficient (Wildman–Crippen LogP) is 10.5. The van der Waals surface area contributed by atoms with Gasteiger partial charge in [0.25, 0.3) is 0 Å². The largest absolute Gasteiger partial charge is 0.456 e. The fraction of sp³-hybridized carbons (Fsp3) is 0.571. The molecule has 0 spiro atoms. The van der Waals surface area contributed by atoms with Gasteiger partial charge in [-0.05, 0) is 10.1 Å². The van der Waals surface area contributed by atoms with Crippen molar-refractivity contribution in [2.24, 2.45) is 0 Å². The Morgan fingerprint density at radius 3 is 1.11 bits per heavy atom. The molecule has 7 heteroatoms. The molecule has 0 amide bonds. The minimum Gasteiger partial charge on any atom is -0.456 e. The van der Waals surface area contributed by atoms with E-state index in [0.29, 0.717) is 0 Å². The van der Waals surface area contributed by atoms with Crippen LogP contribution in [0.2, 0.25) is 36.3 Å². The molecule has 0 N–H and O–H groups in total. The molecule has 0 bridgehead atoms. The molecular weight excluding hydrogens is 728 g/mol. The van der Waals surface area contributed by atoms with Gasteiger partial charge in [-0.3, -0.25) is 0 Å². The van der Waals surface area contributed by atoms with Gasteiger partial charge in [0.1, 0.15) is 11.5 Å². The van der Waals surface area contributed by atoms with Crippen LogP contribution in [-0.4, -0.2) is 16.1 Å². The topological polar surface area (TPSA) is 9.23 Å². The van der Waals surface area contributed by atoms with Crippen LogP contribution in [0.25, 0.3) is 0 Å². The fourth-order valence-electron chi connectivity index (χ4n) is 4.16. The average Bonchev–Trinajstić information content (AvgIpc) is 2.76. The zero-order valence-corrected chi connectivity index (χ0v) is 31.4. The highest BCUT2D eigenvalue weighted by Gasteiger charge is 2.41. The first-order valence-electron chi connectivity index (χ1n) is 12.2. The molecule has 0 aliphatic heterocycles. The number of halogens is 4. The van der Waals surface area contributed by atoms with Crippen LogP contribution in [0.15, 0.2) is 24.3 Å². The maximum atomic E-state index is 7.09. The Kier molecular flexibility index (Phi) is 10.7. The molecular formula is C28H42Br4OSi2. The number of hydrogen-bond acceptors (Lipinski definition) is 1. The summed E-state index contributed by atoms with van der Waals surface area (Å²) in [5.41, 5.74) is 4.99. The lowest BCUT2D eigenvalue weighted by Gasteiger charge is -2.40. The zero-order valence-electron chi connectivity index (χ0n) is 23.1. The molecule has 196 valence electrons. The first kappa shape index (κ1) is 31.8. The van der Waals surface area contributed by atoms with Gasteiger partial charge < -0.3 is 4.74 Å². The molecule has 0 atom stereocenters. The van der Waals surface area contributed by atoms with E-state index in [-0.39, 0.29) is 10.1 Å². The molecule has 0 heterocycles. The van der Waals surface area contributed by atoms with Crippen LogP contribution < -0.4 is 15.1 Å². The minimum absolute atomic E-state index is 0.237. The fourth-order valence-corrected chi connectivity index (χ4v) is 11.2. The third-order valence-electron chi connectivity index (χ3n) is 8.54. The summed E-state index contributed by atoms with van der Waals surface area (Å²) in [6.45, 7) is 24.2. The first-order chi connectivity index (χ1) is 16.0. The average molecular weight is 770 g/mol. The van der Waals surface area contributed by atoms with Gasteiger partial charge in [0.05, 0.1) is 16.1 Å². The smallest absolute Gasteiger partial charge is 0.135 e. The molecule has 0 saturated heterocycles. The third kappa shape index (κ3) is 6.26. The van der Waals surface area contributed by atoms with Crippen LogP contribution in [0.5, 0.6) is 11.5 Å². The summed E-state index contributed by atoms with van der Waals surface area (Å²) in [5, 5.41) is 6.50. The van der Waals surface area contributed by atoms with Gasteiger partial charge >= 0.3 is 0 Å². The normalized spacial score (nSPS) is 13.3. The maximum Gasteiger partial charge on any atom is 0.135 e. The molecule has 0 aromatic heterocycles. The number of rotatable bonds is 8. The Morgan fingerprint density at radius 2 is 0.886 bits per heavy atom. The van der Waals surface area contributed by atoms with E-state index in [4.69, 9.17) is 4.74 Å². The minimum atomic E-state index is -1.78. The summed E-state index contributed by atoms with van der Waals surface area (Å²) in [4.78, 5) is 0. The second-order valence-corrected chi connectivity index (χ2v) is 25.4. The first-order valence-corrected chi connectivity index (χ1v) is 22.7. The standard InChI is InChI=1S/C28H42Br4OSi2/c1-27(2,3)34(7,8)23-13-11-19(15-29)25(21(23)17-31)33-26-20(16-30)12-14-24(22(26)18-32)35(9,10)28(4,5)6/h11-14H,15-18H2,1-10H3. The highest BCUT2D eigenvalue weighted by atomic mass is 79.9. The second kappa shape index (κ2) is 11.8. The van der Waals surface area contributed by atoms with Crippen molar-refractivity contribution in [1.29, 1.82) is 0 Å². The Bertz CT molecular complexity index is 967. The quantitative estimate of drug-likeness (QED) is 0.192. The Hall–Kier alpha value is 0.594. The number of benzene rings is 2. The van der Waals surface area contributed by atoms with Crippen LogP contribution in [-0.2, 0) is 21.3 Å². The molecule has 1 nitrogen and oxygen atoms in total. The summed E-state index contributed by atoms with van der Waals surface area (Å²) in [6, 6.07) is 9.26. The van der Waals surface area contributed by atoms with E-state index in [2.05, 4.69) is 156 Å². The predicted molar refractivity (Wildman–Crippen MR) is 177 cm³/mol. The van der Waals surface area contributed by atoms with Gasteiger partial charge in [-0.2, -0.15) is 0 Å². The van der Waals surface area contributed by atoms with Crippen molar-refractivity contribution < 1.29 is 4.74 Å². The van der Waals surface area contributed by atoms with Gasteiger partial charge in [0.2, 0.25) is 0 Å².